The lowest BCUT2D eigenvalue weighted by atomic mass is 9.97. The number of alkyl halides is 3. The third kappa shape index (κ3) is 4.63. The molecule has 1 N–H and O–H groups in total. The molecule has 5 nitrogen and oxygen atoms in total. The van der Waals surface area contributed by atoms with Gasteiger partial charge in [-0.1, -0.05) is 43.9 Å². The van der Waals surface area contributed by atoms with E-state index in [9.17, 15) is 18.0 Å². The summed E-state index contributed by atoms with van der Waals surface area (Å²) < 4.78 is 39.9. The number of amides is 1. The summed E-state index contributed by atoms with van der Waals surface area (Å²) in [5.41, 5.74) is 2.52. The molecule has 0 saturated heterocycles. The van der Waals surface area contributed by atoms with Gasteiger partial charge in [-0.2, -0.15) is 13.2 Å². The first kappa shape index (κ1) is 20.8. The van der Waals surface area contributed by atoms with E-state index in [1.807, 2.05) is 24.3 Å². The lowest BCUT2D eigenvalue weighted by Gasteiger charge is -2.34. The molecule has 1 saturated carbocycles. The Morgan fingerprint density at radius 2 is 1.93 bits per heavy atom. The molecule has 1 atom stereocenters. The Labute approximate surface area is 174 Å². The number of aromatic nitrogens is 2. The second-order valence-electron chi connectivity index (χ2n) is 8.40. The summed E-state index contributed by atoms with van der Waals surface area (Å²) in [6.07, 6.45) is 5.04. The Balaban J connectivity index is 1.66. The number of H-pyrrole nitrogens is 1. The minimum absolute atomic E-state index is 0.0338. The number of nitrogens with zero attached hydrogens (tertiary/aromatic N) is 3. The highest BCUT2D eigenvalue weighted by Crippen LogP contribution is 2.35. The topological polar surface area (TPSA) is 52.2 Å². The van der Waals surface area contributed by atoms with Crippen LogP contribution in [0, 0.1) is 5.92 Å². The lowest BCUT2D eigenvalue weighted by molar-refractivity contribution is -0.186. The summed E-state index contributed by atoms with van der Waals surface area (Å²) in [5, 5.41) is 0. The van der Waals surface area contributed by atoms with Crippen molar-refractivity contribution in [2.75, 3.05) is 11.4 Å². The predicted octanol–water partition coefficient (Wildman–Crippen LogP) is 4.66. The fourth-order valence-electron chi connectivity index (χ4n) is 4.82. The highest BCUT2D eigenvalue weighted by molar-refractivity contribution is 5.82. The maximum absolute atomic E-state index is 13.3. The number of carbonyl (C=O) groups is 1. The maximum Gasteiger partial charge on any atom is 0.471 e. The molecule has 0 spiro atoms. The summed E-state index contributed by atoms with van der Waals surface area (Å²) >= 11 is 0. The number of para-hydroxylation sites is 1. The smallest absolute Gasteiger partial charge is 0.361 e. The van der Waals surface area contributed by atoms with Crippen molar-refractivity contribution < 1.29 is 18.0 Å². The molecule has 2 heterocycles. The highest BCUT2D eigenvalue weighted by Gasteiger charge is 2.44. The van der Waals surface area contributed by atoms with Crippen LogP contribution in [-0.2, 0) is 17.9 Å². The number of carbonyl (C=O) groups excluding carboxylic acids is 1. The second kappa shape index (κ2) is 8.70. The van der Waals surface area contributed by atoms with Crippen molar-refractivity contribution >= 4 is 11.6 Å². The Bertz CT molecular complexity index is 846. The van der Waals surface area contributed by atoms with Crippen molar-refractivity contribution in [2.45, 2.75) is 63.8 Å². The summed E-state index contributed by atoms with van der Waals surface area (Å²) in [5.74, 6) is -1.13. The van der Waals surface area contributed by atoms with Gasteiger partial charge in [0.25, 0.3) is 0 Å². The van der Waals surface area contributed by atoms with Gasteiger partial charge in [-0.05, 0) is 30.4 Å². The normalized spacial score (nSPS) is 20.3. The fraction of sp³-hybridized carbons (Fsp3) is 0.545. The van der Waals surface area contributed by atoms with Crippen molar-refractivity contribution in [3.63, 3.8) is 0 Å². The van der Waals surface area contributed by atoms with Crippen molar-refractivity contribution in [3.8, 4) is 0 Å². The third-order valence-electron chi connectivity index (χ3n) is 6.34. The molecule has 1 aromatic heterocycles. The van der Waals surface area contributed by atoms with Crippen LogP contribution >= 0.6 is 0 Å². The maximum atomic E-state index is 13.3. The molecule has 2 aliphatic rings. The van der Waals surface area contributed by atoms with Crippen LogP contribution in [0.1, 0.15) is 49.8 Å². The molecule has 1 aliphatic heterocycles. The van der Waals surface area contributed by atoms with E-state index in [1.165, 1.54) is 25.7 Å². The van der Waals surface area contributed by atoms with E-state index in [-0.39, 0.29) is 19.1 Å². The largest absolute Gasteiger partial charge is 0.471 e. The number of fused-ring (bicyclic) bond motifs is 1. The zero-order valence-electron chi connectivity index (χ0n) is 16.9. The van der Waals surface area contributed by atoms with Crippen LogP contribution in [-0.4, -0.2) is 39.5 Å². The number of imidazole rings is 1. The molecular formula is C22H27F3N4O. The van der Waals surface area contributed by atoms with Crippen molar-refractivity contribution in [2.24, 2.45) is 5.92 Å². The number of hydrogen-bond donors (Lipinski definition) is 1. The Morgan fingerprint density at radius 1 is 1.17 bits per heavy atom. The highest BCUT2D eigenvalue weighted by atomic mass is 19.4. The van der Waals surface area contributed by atoms with Crippen LogP contribution < -0.4 is 4.90 Å². The SMILES string of the molecule is O=C(N1Cc2ccccc2N(Cc2cnc[nH]2)[C@@H](CCC2CCCC2)C1)C(F)(F)F. The van der Waals surface area contributed by atoms with E-state index in [4.69, 9.17) is 0 Å². The molecule has 1 amide bonds. The quantitative estimate of drug-likeness (QED) is 0.766. The number of halogens is 3. The minimum Gasteiger partial charge on any atom is -0.361 e. The van der Waals surface area contributed by atoms with Gasteiger partial charge in [-0.25, -0.2) is 4.98 Å². The van der Waals surface area contributed by atoms with E-state index >= 15 is 0 Å². The molecule has 4 rings (SSSR count). The van der Waals surface area contributed by atoms with E-state index in [1.54, 1.807) is 12.5 Å². The van der Waals surface area contributed by atoms with Gasteiger partial charge in [0.2, 0.25) is 0 Å². The summed E-state index contributed by atoms with van der Waals surface area (Å²) in [6.45, 7) is 0.544. The van der Waals surface area contributed by atoms with E-state index in [0.29, 0.717) is 12.5 Å². The molecule has 162 valence electrons. The molecule has 0 bridgehead atoms. The molecule has 1 aliphatic carbocycles. The molecule has 0 unspecified atom stereocenters. The number of anilines is 1. The molecule has 8 heteroatoms. The van der Waals surface area contributed by atoms with Gasteiger partial charge < -0.3 is 14.8 Å². The zero-order chi connectivity index (χ0) is 21.1. The van der Waals surface area contributed by atoms with Gasteiger partial charge in [0.05, 0.1) is 18.6 Å². The average Bonchev–Trinajstić information content (AvgIpc) is 3.39. The molecular weight excluding hydrogens is 393 g/mol. The third-order valence-corrected chi connectivity index (χ3v) is 6.34. The Morgan fingerprint density at radius 3 is 2.63 bits per heavy atom. The first-order valence-electron chi connectivity index (χ1n) is 10.6. The molecule has 1 fully saturated rings. The standard InChI is InChI=1S/C22H27F3N4O/c23-22(24,25)21(30)28-12-17-7-3-4-8-20(17)29(13-18-11-26-15-27-18)19(14-28)10-9-16-5-1-2-6-16/h3-4,7-8,11,15-16,19H,1-2,5-6,9-10,12-14H2,(H,26,27)/t19-/m0/s1. The summed E-state index contributed by atoms with van der Waals surface area (Å²) in [7, 11) is 0. The Kier molecular flexibility index (Phi) is 6.01. The monoisotopic (exact) mass is 420 g/mol. The van der Waals surface area contributed by atoms with Crippen LogP contribution in [0.15, 0.2) is 36.8 Å². The zero-order valence-corrected chi connectivity index (χ0v) is 16.9. The van der Waals surface area contributed by atoms with Crippen LogP contribution in [0.3, 0.4) is 0 Å². The molecule has 0 radical (unpaired) electrons. The van der Waals surface area contributed by atoms with E-state index in [0.717, 1.165) is 34.7 Å². The average molecular weight is 420 g/mol. The van der Waals surface area contributed by atoms with Crippen molar-refractivity contribution in [1.29, 1.82) is 0 Å². The number of aromatic amines is 1. The van der Waals surface area contributed by atoms with E-state index in [2.05, 4.69) is 14.9 Å². The number of hydrogen-bond acceptors (Lipinski definition) is 3. The van der Waals surface area contributed by atoms with Crippen LogP contribution in [0.25, 0.3) is 0 Å². The fourth-order valence-corrected chi connectivity index (χ4v) is 4.82. The van der Waals surface area contributed by atoms with Gasteiger partial charge >= 0.3 is 12.1 Å². The van der Waals surface area contributed by atoms with Gasteiger partial charge in [0.15, 0.2) is 0 Å². The van der Waals surface area contributed by atoms with Gasteiger partial charge in [0, 0.05) is 31.0 Å². The number of nitrogens with one attached hydrogen (secondary N) is 1. The number of rotatable bonds is 5. The van der Waals surface area contributed by atoms with Crippen molar-refractivity contribution in [1.82, 2.24) is 14.9 Å². The first-order valence-corrected chi connectivity index (χ1v) is 10.6. The Hall–Kier alpha value is -2.51. The van der Waals surface area contributed by atoms with Crippen LogP contribution in [0.4, 0.5) is 18.9 Å². The van der Waals surface area contributed by atoms with E-state index < -0.39 is 12.1 Å². The summed E-state index contributed by atoms with van der Waals surface area (Å²) in [4.78, 5) is 22.5. The van der Waals surface area contributed by atoms with Crippen molar-refractivity contribution in [3.05, 3.63) is 48.0 Å². The van der Waals surface area contributed by atoms with Crippen LogP contribution in [0.2, 0.25) is 0 Å². The van der Waals surface area contributed by atoms with Gasteiger partial charge in [-0.3, -0.25) is 4.79 Å². The predicted molar refractivity (Wildman–Crippen MR) is 108 cm³/mol. The molecule has 2 aromatic rings. The first-order chi connectivity index (χ1) is 14.4. The second-order valence-corrected chi connectivity index (χ2v) is 8.40. The summed E-state index contributed by atoms with van der Waals surface area (Å²) in [6, 6.07) is 7.26. The van der Waals surface area contributed by atoms with Gasteiger partial charge in [-0.15, -0.1) is 0 Å². The lowest BCUT2D eigenvalue weighted by Crippen LogP contribution is -2.47. The van der Waals surface area contributed by atoms with Crippen LogP contribution in [0.5, 0.6) is 0 Å². The molecule has 1 aromatic carbocycles. The minimum atomic E-state index is -4.87. The number of benzene rings is 1. The van der Waals surface area contributed by atoms with Gasteiger partial charge in [0.1, 0.15) is 0 Å². The molecule has 30 heavy (non-hydrogen) atoms.